The van der Waals surface area contributed by atoms with Crippen molar-refractivity contribution in [2.45, 2.75) is 143 Å². The fourth-order valence-corrected chi connectivity index (χ4v) is 3.64. The number of Topliss-reactive ketones (excluding diaryl/α,β-unsaturated/α-hetero) is 1. The van der Waals surface area contributed by atoms with Gasteiger partial charge in [0.25, 0.3) is 0 Å². The fourth-order valence-electron chi connectivity index (χ4n) is 3.64. The molecule has 1 atom stereocenters. The molecule has 0 saturated heterocycles. The van der Waals surface area contributed by atoms with E-state index in [-0.39, 0.29) is 24.5 Å². The zero-order valence-electron chi connectivity index (χ0n) is 20.8. The van der Waals surface area contributed by atoms with Gasteiger partial charge < -0.3 is 10.4 Å². The van der Waals surface area contributed by atoms with E-state index in [1.165, 1.54) is 64.2 Å². The first-order chi connectivity index (χ1) is 14.7. The third kappa shape index (κ3) is 16.0. The Hall–Kier alpha value is -1.39. The molecular formula is C26H49NO4. The van der Waals surface area contributed by atoms with Crippen molar-refractivity contribution in [2.75, 3.05) is 0 Å². The van der Waals surface area contributed by atoms with E-state index in [1.807, 2.05) is 20.8 Å². The van der Waals surface area contributed by atoms with Crippen LogP contribution < -0.4 is 5.32 Å². The van der Waals surface area contributed by atoms with Crippen LogP contribution in [0.5, 0.6) is 0 Å². The van der Waals surface area contributed by atoms with Gasteiger partial charge in [-0.25, -0.2) is 4.79 Å². The Kier molecular flexibility index (Phi) is 17.4. The number of carbonyl (C=O) groups is 3. The molecule has 0 aliphatic heterocycles. The molecule has 0 heterocycles. The van der Waals surface area contributed by atoms with Crippen LogP contribution in [0.3, 0.4) is 0 Å². The van der Waals surface area contributed by atoms with Gasteiger partial charge in [-0.1, -0.05) is 105 Å². The Morgan fingerprint density at radius 2 is 1.19 bits per heavy atom. The largest absolute Gasteiger partial charge is 0.480 e. The van der Waals surface area contributed by atoms with E-state index in [9.17, 15) is 19.5 Å². The number of aliphatic carboxylic acids is 1. The van der Waals surface area contributed by atoms with E-state index in [4.69, 9.17) is 0 Å². The van der Waals surface area contributed by atoms with Crippen LogP contribution in [-0.2, 0) is 14.4 Å². The van der Waals surface area contributed by atoms with Crippen molar-refractivity contribution in [2.24, 2.45) is 5.41 Å². The molecule has 0 radical (unpaired) electrons. The van der Waals surface area contributed by atoms with Gasteiger partial charge in [0, 0.05) is 18.3 Å². The molecule has 0 aromatic rings. The number of ketones is 1. The molecule has 0 spiro atoms. The lowest BCUT2D eigenvalue weighted by Gasteiger charge is -2.22. The van der Waals surface area contributed by atoms with Gasteiger partial charge in [0.2, 0.25) is 5.91 Å². The number of hydrogen-bond donors (Lipinski definition) is 2. The van der Waals surface area contributed by atoms with Crippen molar-refractivity contribution in [3.05, 3.63) is 0 Å². The zero-order valence-corrected chi connectivity index (χ0v) is 20.8. The summed E-state index contributed by atoms with van der Waals surface area (Å²) < 4.78 is 0. The van der Waals surface area contributed by atoms with Crippen molar-refractivity contribution in [1.29, 1.82) is 0 Å². The van der Waals surface area contributed by atoms with E-state index in [2.05, 4.69) is 12.2 Å². The van der Waals surface area contributed by atoms with Crippen LogP contribution >= 0.6 is 0 Å². The molecule has 0 aromatic heterocycles. The maximum Gasteiger partial charge on any atom is 0.326 e. The van der Waals surface area contributed by atoms with Gasteiger partial charge in [-0.2, -0.15) is 0 Å². The van der Waals surface area contributed by atoms with Crippen LogP contribution in [0.1, 0.15) is 137 Å². The minimum atomic E-state index is -1.07. The van der Waals surface area contributed by atoms with E-state index in [0.717, 1.165) is 25.7 Å². The van der Waals surface area contributed by atoms with Gasteiger partial charge in [0.1, 0.15) is 11.8 Å². The predicted octanol–water partition coefficient (Wildman–Crippen LogP) is 6.82. The summed E-state index contributed by atoms with van der Waals surface area (Å²) in [5, 5.41) is 11.9. The highest BCUT2D eigenvalue weighted by atomic mass is 16.4. The first kappa shape index (κ1) is 29.6. The molecule has 0 fully saturated rings. The van der Waals surface area contributed by atoms with Crippen LogP contribution in [0.4, 0.5) is 0 Å². The lowest BCUT2D eigenvalue weighted by Crippen LogP contribution is -2.41. The monoisotopic (exact) mass is 439 g/mol. The van der Waals surface area contributed by atoms with Crippen molar-refractivity contribution in [1.82, 2.24) is 5.32 Å². The zero-order chi connectivity index (χ0) is 23.5. The number of carboxylic acid groups (broad SMARTS) is 1. The number of unbranched alkanes of at least 4 members (excludes halogenated alkanes) is 12. The van der Waals surface area contributed by atoms with Gasteiger partial charge in [-0.15, -0.1) is 0 Å². The van der Waals surface area contributed by atoms with Gasteiger partial charge in [-0.3, -0.25) is 9.59 Å². The maximum absolute atomic E-state index is 12.2. The molecule has 1 amide bonds. The highest BCUT2D eigenvalue weighted by Crippen LogP contribution is 2.23. The summed E-state index contributed by atoms with van der Waals surface area (Å²) in [6.07, 6.45) is 17.6. The molecule has 0 bridgehead atoms. The molecular weight excluding hydrogens is 390 g/mol. The van der Waals surface area contributed by atoms with Crippen LogP contribution in [0, 0.1) is 5.41 Å². The molecule has 0 aliphatic rings. The van der Waals surface area contributed by atoms with Gasteiger partial charge >= 0.3 is 5.97 Å². The number of amides is 1. The summed E-state index contributed by atoms with van der Waals surface area (Å²) in [6.45, 7) is 7.94. The lowest BCUT2D eigenvalue weighted by molar-refractivity contribution is -0.142. The quantitative estimate of drug-likeness (QED) is 0.192. The summed E-state index contributed by atoms with van der Waals surface area (Å²) >= 11 is 0. The fraction of sp³-hybridized carbons (Fsp3) is 0.885. The summed E-state index contributed by atoms with van der Waals surface area (Å²) in [6, 6.07) is -0.980. The second kappa shape index (κ2) is 18.2. The van der Waals surface area contributed by atoms with Crippen LogP contribution in [0.15, 0.2) is 0 Å². The SMILES string of the molecule is CCCCCCCCCCCCCCCC(=O)N[C@@H](CCC(=O)C(C)(C)CC)C(=O)O. The minimum absolute atomic E-state index is 0.0481. The van der Waals surface area contributed by atoms with Crippen LogP contribution in [0.25, 0.3) is 0 Å². The van der Waals surface area contributed by atoms with E-state index in [1.54, 1.807) is 0 Å². The Morgan fingerprint density at radius 1 is 0.742 bits per heavy atom. The highest BCUT2D eigenvalue weighted by molar-refractivity contribution is 5.86. The second-order valence-corrected chi connectivity index (χ2v) is 9.65. The van der Waals surface area contributed by atoms with E-state index in [0.29, 0.717) is 6.42 Å². The molecule has 182 valence electrons. The van der Waals surface area contributed by atoms with Gasteiger partial charge in [0.15, 0.2) is 0 Å². The molecule has 31 heavy (non-hydrogen) atoms. The normalized spacial score (nSPS) is 12.5. The lowest BCUT2D eigenvalue weighted by atomic mass is 9.83. The van der Waals surface area contributed by atoms with Gasteiger partial charge in [0.05, 0.1) is 0 Å². The number of carboxylic acids is 1. The van der Waals surface area contributed by atoms with E-state index < -0.39 is 17.4 Å². The average Bonchev–Trinajstić information content (AvgIpc) is 2.73. The highest BCUT2D eigenvalue weighted by Gasteiger charge is 2.27. The number of hydrogen-bond acceptors (Lipinski definition) is 3. The number of nitrogens with one attached hydrogen (secondary N) is 1. The topological polar surface area (TPSA) is 83.5 Å². The molecule has 0 unspecified atom stereocenters. The third-order valence-corrected chi connectivity index (χ3v) is 6.44. The Labute approximate surface area is 191 Å². The summed E-state index contributed by atoms with van der Waals surface area (Å²) in [7, 11) is 0. The molecule has 0 aromatic carbocycles. The van der Waals surface area contributed by atoms with Crippen molar-refractivity contribution in [3.63, 3.8) is 0 Å². The van der Waals surface area contributed by atoms with Gasteiger partial charge in [-0.05, 0) is 19.3 Å². The summed E-state index contributed by atoms with van der Waals surface area (Å²) in [5.74, 6) is -1.24. The first-order valence-corrected chi connectivity index (χ1v) is 12.8. The third-order valence-electron chi connectivity index (χ3n) is 6.44. The summed E-state index contributed by atoms with van der Waals surface area (Å²) in [4.78, 5) is 35.7. The van der Waals surface area contributed by atoms with E-state index >= 15 is 0 Å². The molecule has 5 heteroatoms. The number of carbonyl (C=O) groups excluding carboxylic acids is 2. The molecule has 2 N–H and O–H groups in total. The standard InChI is InChI=1S/C26H49NO4/c1-5-7-8-9-10-11-12-13-14-15-16-17-18-19-24(29)27-22(25(30)31)20-21-23(28)26(3,4)6-2/h22H,5-21H2,1-4H3,(H,27,29)(H,30,31)/t22-/m0/s1. The Balaban J connectivity index is 3.79. The average molecular weight is 440 g/mol. The second-order valence-electron chi connectivity index (χ2n) is 9.65. The van der Waals surface area contributed by atoms with Crippen molar-refractivity contribution in [3.8, 4) is 0 Å². The molecule has 0 rings (SSSR count). The maximum atomic E-state index is 12.2. The Bertz CT molecular complexity index is 502. The summed E-state index contributed by atoms with van der Waals surface area (Å²) in [5.41, 5.74) is -0.443. The van der Waals surface area contributed by atoms with Crippen LogP contribution in [-0.4, -0.2) is 28.8 Å². The van der Waals surface area contributed by atoms with Crippen LogP contribution in [0.2, 0.25) is 0 Å². The molecule has 0 aliphatic carbocycles. The first-order valence-electron chi connectivity index (χ1n) is 12.8. The minimum Gasteiger partial charge on any atom is -0.480 e. The molecule has 5 nitrogen and oxygen atoms in total. The smallest absolute Gasteiger partial charge is 0.326 e. The van der Waals surface area contributed by atoms with Crippen molar-refractivity contribution >= 4 is 17.7 Å². The number of rotatable bonds is 21. The Morgan fingerprint density at radius 3 is 1.61 bits per heavy atom. The predicted molar refractivity (Wildman–Crippen MR) is 128 cm³/mol. The molecule has 0 saturated carbocycles. The van der Waals surface area contributed by atoms with Crippen molar-refractivity contribution < 1.29 is 19.5 Å².